The molecule has 0 saturated carbocycles. The monoisotopic (exact) mass is 248 g/mol. The first-order chi connectivity index (χ1) is 8.18. The summed E-state index contributed by atoms with van der Waals surface area (Å²) >= 11 is 5.80. The zero-order valence-corrected chi connectivity index (χ0v) is 9.48. The number of hydrogen-bond acceptors (Lipinski definition) is 4. The Morgan fingerprint density at radius 3 is 2.59 bits per heavy atom. The van der Waals surface area contributed by atoms with E-state index >= 15 is 0 Å². The van der Waals surface area contributed by atoms with Crippen molar-refractivity contribution < 1.29 is 4.79 Å². The number of para-hydroxylation sites is 1. The van der Waals surface area contributed by atoms with Gasteiger partial charge >= 0.3 is 0 Å². The van der Waals surface area contributed by atoms with Crippen LogP contribution in [-0.4, -0.2) is 15.9 Å². The fourth-order valence-corrected chi connectivity index (χ4v) is 1.53. The Hall–Kier alpha value is -2.14. The van der Waals surface area contributed by atoms with Crippen LogP contribution in [0.25, 0.3) is 0 Å². The zero-order valence-electron chi connectivity index (χ0n) is 8.72. The molecule has 0 aliphatic carbocycles. The number of anilines is 2. The first kappa shape index (κ1) is 11.3. The Kier molecular flexibility index (Phi) is 3.20. The SMILES string of the molecule is Nc1ncnc(Cl)c1C(=O)Nc1ccccc1. The average molecular weight is 249 g/mol. The molecule has 1 aromatic heterocycles. The maximum atomic E-state index is 11.9. The standard InChI is InChI=1S/C11H9ClN4O/c12-9-8(10(13)15-6-14-9)11(17)16-7-4-2-1-3-5-7/h1-6H,(H,16,17)(H2,13,14,15). The molecule has 3 N–H and O–H groups in total. The van der Waals surface area contributed by atoms with E-state index < -0.39 is 5.91 Å². The van der Waals surface area contributed by atoms with E-state index in [1.54, 1.807) is 12.1 Å². The van der Waals surface area contributed by atoms with Gasteiger partial charge in [-0.2, -0.15) is 0 Å². The lowest BCUT2D eigenvalue weighted by Gasteiger charge is -2.07. The molecule has 2 aromatic rings. The van der Waals surface area contributed by atoms with Crippen LogP contribution in [0.3, 0.4) is 0 Å². The van der Waals surface area contributed by atoms with Crippen molar-refractivity contribution in [3.63, 3.8) is 0 Å². The lowest BCUT2D eigenvalue weighted by atomic mass is 10.2. The summed E-state index contributed by atoms with van der Waals surface area (Å²) < 4.78 is 0. The van der Waals surface area contributed by atoms with Gasteiger partial charge in [-0.1, -0.05) is 29.8 Å². The average Bonchev–Trinajstić information content (AvgIpc) is 2.30. The van der Waals surface area contributed by atoms with Gasteiger partial charge in [0.2, 0.25) is 0 Å². The van der Waals surface area contributed by atoms with E-state index in [0.717, 1.165) is 0 Å². The van der Waals surface area contributed by atoms with Gasteiger partial charge < -0.3 is 11.1 Å². The number of nitrogens with two attached hydrogens (primary N) is 1. The number of halogens is 1. The van der Waals surface area contributed by atoms with E-state index in [1.807, 2.05) is 18.2 Å². The third kappa shape index (κ3) is 2.51. The molecule has 0 atom stereocenters. The van der Waals surface area contributed by atoms with Crippen LogP contribution >= 0.6 is 11.6 Å². The number of nitrogen functional groups attached to an aromatic ring is 1. The van der Waals surface area contributed by atoms with Crippen LogP contribution in [0.1, 0.15) is 10.4 Å². The molecule has 0 aliphatic rings. The summed E-state index contributed by atoms with van der Waals surface area (Å²) in [6.45, 7) is 0. The molecule has 0 bridgehead atoms. The van der Waals surface area contributed by atoms with Crippen LogP contribution in [0.4, 0.5) is 11.5 Å². The molecule has 1 heterocycles. The zero-order chi connectivity index (χ0) is 12.3. The molecule has 0 radical (unpaired) electrons. The van der Waals surface area contributed by atoms with Crippen LogP contribution in [0.2, 0.25) is 5.15 Å². The topological polar surface area (TPSA) is 80.9 Å². The van der Waals surface area contributed by atoms with E-state index in [9.17, 15) is 4.79 Å². The molecule has 0 aliphatic heterocycles. The third-order valence-electron chi connectivity index (χ3n) is 2.09. The number of rotatable bonds is 2. The summed E-state index contributed by atoms with van der Waals surface area (Å²) in [5.41, 5.74) is 6.31. The number of hydrogen-bond donors (Lipinski definition) is 2. The van der Waals surface area contributed by atoms with Crippen molar-refractivity contribution in [2.45, 2.75) is 0 Å². The first-order valence-corrected chi connectivity index (χ1v) is 5.18. The third-order valence-corrected chi connectivity index (χ3v) is 2.38. The highest BCUT2D eigenvalue weighted by atomic mass is 35.5. The number of carbonyl (C=O) groups is 1. The van der Waals surface area contributed by atoms with Crippen LogP contribution in [0.5, 0.6) is 0 Å². The van der Waals surface area contributed by atoms with Gasteiger partial charge in [0.05, 0.1) is 0 Å². The summed E-state index contributed by atoms with van der Waals surface area (Å²) in [5, 5.41) is 2.69. The Labute approximate surface area is 103 Å². The Bertz CT molecular complexity index is 524. The van der Waals surface area contributed by atoms with Gasteiger partial charge in [-0.25, -0.2) is 9.97 Å². The van der Waals surface area contributed by atoms with Crippen molar-refractivity contribution in [1.82, 2.24) is 9.97 Å². The van der Waals surface area contributed by atoms with E-state index in [2.05, 4.69) is 15.3 Å². The summed E-state index contributed by atoms with van der Waals surface area (Å²) in [6, 6.07) is 8.98. The van der Waals surface area contributed by atoms with Gasteiger partial charge in [-0.05, 0) is 12.1 Å². The van der Waals surface area contributed by atoms with E-state index in [1.165, 1.54) is 6.33 Å². The second kappa shape index (κ2) is 4.80. The lowest BCUT2D eigenvalue weighted by molar-refractivity contribution is 0.102. The fourth-order valence-electron chi connectivity index (χ4n) is 1.30. The first-order valence-electron chi connectivity index (χ1n) is 4.81. The minimum atomic E-state index is -0.431. The van der Waals surface area contributed by atoms with Crippen molar-refractivity contribution in [3.8, 4) is 0 Å². The van der Waals surface area contributed by atoms with Crippen molar-refractivity contribution >= 4 is 29.0 Å². The molecule has 86 valence electrons. The molecular formula is C11H9ClN4O. The number of carbonyl (C=O) groups excluding carboxylic acids is 1. The number of nitrogens with zero attached hydrogens (tertiary/aromatic N) is 2. The van der Waals surface area contributed by atoms with Gasteiger partial charge in [0.1, 0.15) is 22.9 Å². The van der Waals surface area contributed by atoms with E-state index in [-0.39, 0.29) is 16.5 Å². The largest absolute Gasteiger partial charge is 0.383 e. The predicted molar refractivity (Wildman–Crippen MR) is 65.8 cm³/mol. The minimum absolute atomic E-state index is 0.0333. The summed E-state index contributed by atoms with van der Waals surface area (Å²) in [6.07, 6.45) is 1.21. The quantitative estimate of drug-likeness (QED) is 0.796. The van der Waals surface area contributed by atoms with Crippen molar-refractivity contribution in [3.05, 3.63) is 47.4 Å². The molecular weight excluding hydrogens is 240 g/mol. The maximum absolute atomic E-state index is 11.9. The molecule has 0 saturated heterocycles. The molecule has 2 rings (SSSR count). The number of benzene rings is 1. The fraction of sp³-hybridized carbons (Fsp3) is 0. The van der Waals surface area contributed by atoms with Crippen LogP contribution in [-0.2, 0) is 0 Å². The molecule has 0 fully saturated rings. The summed E-state index contributed by atoms with van der Waals surface area (Å²) in [5.74, 6) is -0.377. The minimum Gasteiger partial charge on any atom is -0.383 e. The van der Waals surface area contributed by atoms with Gasteiger partial charge in [-0.3, -0.25) is 4.79 Å². The van der Waals surface area contributed by atoms with Gasteiger partial charge in [0.25, 0.3) is 5.91 Å². The highest BCUT2D eigenvalue weighted by Crippen LogP contribution is 2.18. The Morgan fingerprint density at radius 1 is 1.24 bits per heavy atom. The Balaban J connectivity index is 2.27. The van der Waals surface area contributed by atoms with Crippen LogP contribution in [0, 0.1) is 0 Å². The molecule has 1 amide bonds. The number of aromatic nitrogens is 2. The van der Waals surface area contributed by atoms with Crippen molar-refractivity contribution in [2.75, 3.05) is 11.1 Å². The molecule has 0 spiro atoms. The Morgan fingerprint density at radius 2 is 1.94 bits per heavy atom. The molecule has 1 aromatic carbocycles. The van der Waals surface area contributed by atoms with Gasteiger partial charge in [-0.15, -0.1) is 0 Å². The van der Waals surface area contributed by atoms with E-state index in [4.69, 9.17) is 17.3 Å². The van der Waals surface area contributed by atoms with Crippen LogP contribution < -0.4 is 11.1 Å². The summed E-state index contributed by atoms with van der Waals surface area (Å²) in [7, 11) is 0. The van der Waals surface area contributed by atoms with Crippen molar-refractivity contribution in [2.24, 2.45) is 0 Å². The second-order valence-corrected chi connectivity index (χ2v) is 3.60. The highest BCUT2D eigenvalue weighted by molar-refractivity contribution is 6.34. The maximum Gasteiger partial charge on any atom is 0.262 e. The number of amides is 1. The summed E-state index contributed by atoms with van der Waals surface area (Å²) in [4.78, 5) is 19.3. The smallest absolute Gasteiger partial charge is 0.262 e. The van der Waals surface area contributed by atoms with Crippen molar-refractivity contribution in [1.29, 1.82) is 0 Å². The lowest BCUT2D eigenvalue weighted by Crippen LogP contribution is -2.16. The molecule has 0 unspecified atom stereocenters. The predicted octanol–water partition coefficient (Wildman–Crippen LogP) is 1.96. The van der Waals surface area contributed by atoms with Gasteiger partial charge in [0.15, 0.2) is 0 Å². The molecule has 17 heavy (non-hydrogen) atoms. The molecule has 6 heteroatoms. The highest BCUT2D eigenvalue weighted by Gasteiger charge is 2.16. The normalized spacial score (nSPS) is 9.94. The molecule has 5 nitrogen and oxygen atoms in total. The van der Waals surface area contributed by atoms with E-state index in [0.29, 0.717) is 5.69 Å². The second-order valence-electron chi connectivity index (χ2n) is 3.24. The van der Waals surface area contributed by atoms with Crippen LogP contribution in [0.15, 0.2) is 36.7 Å². The van der Waals surface area contributed by atoms with Gasteiger partial charge in [0, 0.05) is 5.69 Å². The number of nitrogens with one attached hydrogen (secondary N) is 1.